The second-order valence-corrected chi connectivity index (χ2v) is 6.87. The molecule has 0 bridgehead atoms. The molecule has 94 valence electrons. The van der Waals surface area contributed by atoms with Gasteiger partial charge in [0.2, 0.25) is 0 Å². The molecule has 1 aromatic carbocycles. The maximum absolute atomic E-state index is 13.4. The van der Waals surface area contributed by atoms with Gasteiger partial charge in [0.1, 0.15) is 15.7 Å². The second-order valence-electron chi connectivity index (χ2n) is 3.75. The molecular formula is C11H12BrFO3S. The Kier molecular flexibility index (Phi) is 4.82. The largest absolute Gasteiger partial charge is 0.294 e. The first-order chi connectivity index (χ1) is 7.81. The summed E-state index contributed by atoms with van der Waals surface area (Å²) < 4.78 is 35.6. The summed E-state index contributed by atoms with van der Waals surface area (Å²) in [4.78, 5) is 11.7. The van der Waals surface area contributed by atoms with Crippen LogP contribution in [-0.4, -0.2) is 26.2 Å². The van der Waals surface area contributed by atoms with Gasteiger partial charge >= 0.3 is 0 Å². The summed E-state index contributed by atoms with van der Waals surface area (Å²) in [6.07, 6.45) is 1.33. The van der Waals surface area contributed by atoms with Gasteiger partial charge in [0.05, 0.1) is 11.3 Å². The fourth-order valence-electron chi connectivity index (χ4n) is 1.38. The Morgan fingerprint density at radius 1 is 1.41 bits per heavy atom. The third-order valence-corrected chi connectivity index (χ3v) is 3.85. The molecule has 0 amide bonds. The Morgan fingerprint density at radius 2 is 2.06 bits per heavy atom. The number of rotatable bonds is 5. The quantitative estimate of drug-likeness (QED) is 0.783. The van der Waals surface area contributed by atoms with E-state index in [4.69, 9.17) is 0 Å². The first-order valence-electron chi connectivity index (χ1n) is 4.96. The highest BCUT2D eigenvalue weighted by Gasteiger charge is 2.15. The molecule has 0 atom stereocenters. The average molecular weight is 323 g/mol. The van der Waals surface area contributed by atoms with Gasteiger partial charge in [-0.2, -0.15) is 0 Å². The van der Waals surface area contributed by atoms with Crippen molar-refractivity contribution in [2.45, 2.75) is 12.8 Å². The maximum Gasteiger partial charge on any atom is 0.166 e. The lowest BCUT2D eigenvalue weighted by Gasteiger charge is -2.04. The zero-order valence-corrected chi connectivity index (χ0v) is 11.6. The molecule has 0 aromatic heterocycles. The summed E-state index contributed by atoms with van der Waals surface area (Å²) in [6, 6.07) is 4.27. The van der Waals surface area contributed by atoms with Crippen molar-refractivity contribution in [3.63, 3.8) is 0 Å². The van der Waals surface area contributed by atoms with Crippen LogP contribution in [0.2, 0.25) is 0 Å². The summed E-state index contributed by atoms with van der Waals surface area (Å²) in [5.74, 6) is -1.05. The Bertz CT molecular complexity index is 505. The van der Waals surface area contributed by atoms with E-state index >= 15 is 0 Å². The number of halogens is 2. The predicted octanol–water partition coefficient (Wildman–Crippen LogP) is 2.60. The fraction of sp³-hybridized carbons (Fsp3) is 0.364. The van der Waals surface area contributed by atoms with E-state index in [0.29, 0.717) is 4.47 Å². The van der Waals surface area contributed by atoms with E-state index in [1.54, 1.807) is 6.07 Å². The maximum atomic E-state index is 13.4. The minimum atomic E-state index is -3.08. The zero-order chi connectivity index (χ0) is 13.1. The van der Waals surface area contributed by atoms with Gasteiger partial charge in [0.15, 0.2) is 5.78 Å². The van der Waals surface area contributed by atoms with Crippen molar-refractivity contribution < 1.29 is 17.6 Å². The number of carbonyl (C=O) groups is 1. The van der Waals surface area contributed by atoms with Crippen LogP contribution in [0.4, 0.5) is 4.39 Å². The van der Waals surface area contributed by atoms with Crippen molar-refractivity contribution in [3.8, 4) is 0 Å². The van der Waals surface area contributed by atoms with Crippen molar-refractivity contribution in [2.75, 3.05) is 12.0 Å². The highest BCUT2D eigenvalue weighted by molar-refractivity contribution is 9.10. The topological polar surface area (TPSA) is 51.2 Å². The number of sulfone groups is 1. The number of Topliss-reactive ketones (excluding diaryl/α,β-unsaturated/α-hetero) is 1. The SMILES string of the molecule is CS(=O)(=O)CCCC(=O)c1c(F)cccc1Br. The Balaban J connectivity index is 2.71. The monoisotopic (exact) mass is 322 g/mol. The Labute approximate surface area is 108 Å². The second kappa shape index (κ2) is 5.73. The van der Waals surface area contributed by atoms with E-state index in [2.05, 4.69) is 15.9 Å². The molecule has 0 spiro atoms. The molecule has 17 heavy (non-hydrogen) atoms. The zero-order valence-electron chi connectivity index (χ0n) is 9.24. The molecule has 6 heteroatoms. The van der Waals surface area contributed by atoms with Crippen molar-refractivity contribution >= 4 is 31.6 Å². The van der Waals surface area contributed by atoms with E-state index in [1.807, 2.05) is 0 Å². The Hall–Kier alpha value is -0.750. The lowest BCUT2D eigenvalue weighted by atomic mass is 10.1. The highest BCUT2D eigenvalue weighted by Crippen LogP contribution is 2.21. The van der Waals surface area contributed by atoms with E-state index in [9.17, 15) is 17.6 Å². The number of benzene rings is 1. The van der Waals surface area contributed by atoms with Gasteiger partial charge in [0, 0.05) is 17.1 Å². The molecule has 0 aliphatic rings. The van der Waals surface area contributed by atoms with Crippen molar-refractivity contribution in [3.05, 3.63) is 34.1 Å². The van der Waals surface area contributed by atoms with Crippen LogP contribution in [-0.2, 0) is 9.84 Å². The van der Waals surface area contributed by atoms with Gasteiger partial charge in [-0.15, -0.1) is 0 Å². The molecular weight excluding hydrogens is 311 g/mol. The van der Waals surface area contributed by atoms with Crippen LogP contribution in [0.5, 0.6) is 0 Å². The van der Waals surface area contributed by atoms with Crippen LogP contribution in [0.3, 0.4) is 0 Å². The van der Waals surface area contributed by atoms with E-state index in [-0.39, 0.29) is 24.2 Å². The smallest absolute Gasteiger partial charge is 0.166 e. The third kappa shape index (κ3) is 4.55. The van der Waals surface area contributed by atoms with Gasteiger partial charge < -0.3 is 0 Å². The predicted molar refractivity (Wildman–Crippen MR) is 67.4 cm³/mol. The number of carbonyl (C=O) groups excluding carboxylic acids is 1. The number of ketones is 1. The lowest BCUT2D eigenvalue weighted by molar-refractivity contribution is 0.0977. The average Bonchev–Trinajstić information content (AvgIpc) is 2.15. The minimum absolute atomic E-state index is 0.0130. The molecule has 0 saturated heterocycles. The first kappa shape index (κ1) is 14.3. The fourth-order valence-corrected chi connectivity index (χ4v) is 2.62. The minimum Gasteiger partial charge on any atom is -0.294 e. The molecule has 3 nitrogen and oxygen atoms in total. The first-order valence-corrected chi connectivity index (χ1v) is 7.81. The van der Waals surface area contributed by atoms with Gasteiger partial charge in [-0.25, -0.2) is 12.8 Å². The van der Waals surface area contributed by atoms with Gasteiger partial charge in [0.25, 0.3) is 0 Å². The summed E-state index contributed by atoms with van der Waals surface area (Å²) >= 11 is 3.10. The van der Waals surface area contributed by atoms with Crippen LogP contribution < -0.4 is 0 Å². The van der Waals surface area contributed by atoms with Crippen molar-refractivity contribution in [2.24, 2.45) is 0 Å². The Morgan fingerprint density at radius 3 is 2.59 bits per heavy atom. The van der Waals surface area contributed by atoms with E-state index < -0.39 is 21.4 Å². The summed E-state index contributed by atoms with van der Waals surface area (Å²) in [7, 11) is -3.08. The standard InChI is InChI=1S/C11H12BrFO3S/c1-17(15,16)7-3-6-10(14)11-8(12)4-2-5-9(11)13/h2,4-5H,3,6-7H2,1H3. The normalized spacial score (nSPS) is 11.5. The summed E-state index contributed by atoms with van der Waals surface area (Å²) in [5, 5.41) is 0. The highest BCUT2D eigenvalue weighted by atomic mass is 79.9. The molecule has 0 N–H and O–H groups in total. The van der Waals surface area contributed by atoms with E-state index in [0.717, 1.165) is 6.26 Å². The van der Waals surface area contributed by atoms with Crippen LogP contribution in [0.25, 0.3) is 0 Å². The van der Waals surface area contributed by atoms with Crippen LogP contribution in [0, 0.1) is 5.82 Å². The third-order valence-electron chi connectivity index (χ3n) is 2.16. The van der Waals surface area contributed by atoms with Gasteiger partial charge in [-0.3, -0.25) is 4.79 Å². The van der Waals surface area contributed by atoms with Crippen LogP contribution >= 0.6 is 15.9 Å². The molecule has 0 heterocycles. The lowest BCUT2D eigenvalue weighted by Crippen LogP contribution is -2.08. The summed E-state index contributed by atoms with van der Waals surface area (Å²) in [6.45, 7) is 0. The van der Waals surface area contributed by atoms with Crippen molar-refractivity contribution in [1.29, 1.82) is 0 Å². The molecule has 0 unspecified atom stereocenters. The summed E-state index contributed by atoms with van der Waals surface area (Å²) in [5.41, 5.74) is -0.0130. The molecule has 1 aromatic rings. The van der Waals surface area contributed by atoms with Gasteiger partial charge in [-0.1, -0.05) is 6.07 Å². The molecule has 0 radical (unpaired) electrons. The molecule has 0 saturated carbocycles. The van der Waals surface area contributed by atoms with E-state index in [1.165, 1.54) is 12.1 Å². The van der Waals surface area contributed by atoms with Crippen LogP contribution in [0.1, 0.15) is 23.2 Å². The number of hydrogen-bond acceptors (Lipinski definition) is 3. The van der Waals surface area contributed by atoms with Crippen molar-refractivity contribution in [1.82, 2.24) is 0 Å². The number of hydrogen-bond donors (Lipinski definition) is 0. The molecule has 0 aliphatic heterocycles. The molecule has 0 aliphatic carbocycles. The van der Waals surface area contributed by atoms with Gasteiger partial charge in [-0.05, 0) is 34.5 Å². The molecule has 1 rings (SSSR count). The molecule has 0 fully saturated rings. The van der Waals surface area contributed by atoms with Crippen LogP contribution in [0.15, 0.2) is 22.7 Å².